The van der Waals surface area contributed by atoms with Gasteiger partial charge >= 0.3 is 0 Å². The second-order valence-electron chi connectivity index (χ2n) is 5.65. The Hall–Kier alpha value is -0.160. The number of hydrogen-bond acceptors (Lipinski definition) is 4. The Balaban J connectivity index is 2.19. The summed E-state index contributed by atoms with van der Waals surface area (Å²) in [5.74, 6) is 0.780. The molecule has 0 radical (unpaired) electrons. The number of aliphatic hydroxyl groups is 2. The van der Waals surface area contributed by atoms with Gasteiger partial charge in [0.2, 0.25) is 0 Å². The third-order valence-electron chi connectivity index (χ3n) is 3.99. The topological polar surface area (TPSA) is 78.5 Å². The van der Waals surface area contributed by atoms with Crippen LogP contribution >= 0.6 is 0 Å². The molecule has 0 aromatic heterocycles. The summed E-state index contributed by atoms with van der Waals surface area (Å²) in [7, 11) is 0. The molecule has 0 aromatic carbocycles. The lowest BCUT2D eigenvalue weighted by molar-refractivity contribution is 0.0552. The van der Waals surface area contributed by atoms with Crippen molar-refractivity contribution >= 4 is 0 Å². The van der Waals surface area contributed by atoms with E-state index in [2.05, 4.69) is 5.32 Å². The van der Waals surface area contributed by atoms with Crippen molar-refractivity contribution < 1.29 is 10.2 Å². The molecule has 0 aliphatic heterocycles. The van der Waals surface area contributed by atoms with Crippen molar-refractivity contribution in [2.45, 2.75) is 83.2 Å². The van der Waals surface area contributed by atoms with Crippen molar-refractivity contribution in [1.29, 1.82) is 0 Å². The fraction of sp³-hybridized carbons (Fsp3) is 1.00. The maximum Gasteiger partial charge on any atom is 0.117 e. The van der Waals surface area contributed by atoms with E-state index in [0.717, 1.165) is 31.6 Å². The zero-order chi connectivity index (χ0) is 13.4. The number of nitrogens with one attached hydrogen (secondary N) is 1. The van der Waals surface area contributed by atoms with Gasteiger partial charge in [0.05, 0.1) is 0 Å². The maximum absolute atomic E-state index is 9.95. The molecule has 5 N–H and O–H groups in total. The van der Waals surface area contributed by atoms with Crippen LogP contribution in [0.3, 0.4) is 0 Å². The lowest BCUT2D eigenvalue weighted by Gasteiger charge is -2.26. The number of aliphatic hydroxyl groups excluding tert-OH is 2. The first-order chi connectivity index (χ1) is 8.63. The molecule has 0 amide bonds. The molecule has 18 heavy (non-hydrogen) atoms. The normalized spacial score (nSPS) is 22.7. The van der Waals surface area contributed by atoms with Crippen molar-refractivity contribution in [3.05, 3.63) is 0 Å². The molecule has 108 valence electrons. The molecule has 3 atom stereocenters. The molecule has 0 aromatic rings. The molecule has 1 saturated carbocycles. The summed E-state index contributed by atoms with van der Waals surface area (Å²) < 4.78 is 0. The summed E-state index contributed by atoms with van der Waals surface area (Å²) in [5.41, 5.74) is 5.49. The van der Waals surface area contributed by atoms with Crippen LogP contribution in [0.25, 0.3) is 0 Å². The molecule has 1 aliphatic carbocycles. The molecule has 1 fully saturated rings. The Kier molecular flexibility index (Phi) is 7.82. The highest BCUT2D eigenvalue weighted by molar-refractivity contribution is 4.74. The van der Waals surface area contributed by atoms with Gasteiger partial charge < -0.3 is 15.9 Å². The summed E-state index contributed by atoms with van der Waals surface area (Å²) in [6.45, 7) is 2.05. The Bertz CT molecular complexity index is 206. The summed E-state index contributed by atoms with van der Waals surface area (Å²) in [6, 6.07) is -0.198. The molecule has 3 unspecified atom stereocenters. The SMILES string of the molecule is CCCC(NC(O)CCC1CCCCC1)C(N)O. The molecule has 0 saturated heterocycles. The minimum atomic E-state index is -0.894. The average molecular weight is 258 g/mol. The fourth-order valence-electron chi connectivity index (χ4n) is 2.86. The predicted molar refractivity (Wildman–Crippen MR) is 73.8 cm³/mol. The van der Waals surface area contributed by atoms with Gasteiger partial charge in [0.25, 0.3) is 0 Å². The van der Waals surface area contributed by atoms with Gasteiger partial charge in [-0.15, -0.1) is 0 Å². The standard InChI is InChI=1S/C14H30N2O2/c1-2-6-12(14(15)18)16-13(17)10-9-11-7-4-3-5-8-11/h11-14,16-18H,2-10,15H2,1H3. The van der Waals surface area contributed by atoms with E-state index in [4.69, 9.17) is 5.73 Å². The lowest BCUT2D eigenvalue weighted by atomic mass is 9.86. The highest BCUT2D eigenvalue weighted by atomic mass is 16.3. The Labute approximate surface area is 111 Å². The smallest absolute Gasteiger partial charge is 0.117 e. The summed E-state index contributed by atoms with van der Waals surface area (Å²) >= 11 is 0. The largest absolute Gasteiger partial charge is 0.379 e. The van der Waals surface area contributed by atoms with Crippen LogP contribution < -0.4 is 11.1 Å². The van der Waals surface area contributed by atoms with Crippen LogP contribution in [0.4, 0.5) is 0 Å². The van der Waals surface area contributed by atoms with E-state index in [-0.39, 0.29) is 6.04 Å². The molecular weight excluding hydrogens is 228 g/mol. The molecule has 4 nitrogen and oxygen atoms in total. The van der Waals surface area contributed by atoms with Gasteiger partial charge in [0.1, 0.15) is 12.5 Å². The van der Waals surface area contributed by atoms with E-state index in [1.165, 1.54) is 32.1 Å². The van der Waals surface area contributed by atoms with Crippen molar-refractivity contribution in [3.8, 4) is 0 Å². The van der Waals surface area contributed by atoms with Crippen LogP contribution in [0.5, 0.6) is 0 Å². The molecule has 0 bridgehead atoms. The van der Waals surface area contributed by atoms with Crippen LogP contribution in [0.1, 0.15) is 64.7 Å². The first kappa shape index (κ1) is 15.9. The van der Waals surface area contributed by atoms with Crippen LogP contribution in [0, 0.1) is 5.92 Å². The third kappa shape index (κ3) is 6.14. The summed E-state index contributed by atoms with van der Waals surface area (Å²) in [4.78, 5) is 0. The molecule has 0 heterocycles. The van der Waals surface area contributed by atoms with E-state index in [0.29, 0.717) is 0 Å². The van der Waals surface area contributed by atoms with Crippen LogP contribution in [-0.2, 0) is 0 Å². The van der Waals surface area contributed by atoms with Gasteiger partial charge in [-0.25, -0.2) is 0 Å². The van der Waals surface area contributed by atoms with E-state index < -0.39 is 12.5 Å². The first-order valence-electron chi connectivity index (χ1n) is 7.51. The lowest BCUT2D eigenvalue weighted by Crippen LogP contribution is -2.49. The van der Waals surface area contributed by atoms with Crippen LogP contribution in [0.2, 0.25) is 0 Å². The van der Waals surface area contributed by atoms with Gasteiger partial charge in [-0.1, -0.05) is 45.4 Å². The van der Waals surface area contributed by atoms with Gasteiger partial charge in [0, 0.05) is 6.04 Å². The predicted octanol–water partition coefficient (Wildman–Crippen LogP) is 1.70. The van der Waals surface area contributed by atoms with Gasteiger partial charge in [-0.3, -0.25) is 5.32 Å². The van der Waals surface area contributed by atoms with E-state index in [9.17, 15) is 10.2 Å². The molecule has 4 heteroatoms. The Morgan fingerprint density at radius 3 is 2.39 bits per heavy atom. The molecule has 1 rings (SSSR count). The second kappa shape index (κ2) is 8.86. The summed E-state index contributed by atoms with van der Waals surface area (Å²) in [6.07, 6.45) is 8.81. The van der Waals surface area contributed by atoms with Crippen LogP contribution in [-0.4, -0.2) is 28.7 Å². The minimum Gasteiger partial charge on any atom is -0.379 e. The van der Waals surface area contributed by atoms with Crippen LogP contribution in [0.15, 0.2) is 0 Å². The minimum absolute atomic E-state index is 0.198. The van der Waals surface area contributed by atoms with E-state index in [1.807, 2.05) is 6.92 Å². The number of hydrogen-bond donors (Lipinski definition) is 4. The molecule has 0 spiro atoms. The quantitative estimate of drug-likeness (QED) is 0.500. The second-order valence-corrected chi connectivity index (χ2v) is 5.65. The van der Waals surface area contributed by atoms with Crippen molar-refractivity contribution in [3.63, 3.8) is 0 Å². The van der Waals surface area contributed by atoms with Crippen molar-refractivity contribution in [2.75, 3.05) is 0 Å². The highest BCUT2D eigenvalue weighted by Gasteiger charge is 2.19. The van der Waals surface area contributed by atoms with Gasteiger partial charge in [0.15, 0.2) is 0 Å². The van der Waals surface area contributed by atoms with Gasteiger partial charge in [-0.05, 0) is 25.2 Å². The Morgan fingerprint density at radius 1 is 1.17 bits per heavy atom. The average Bonchev–Trinajstić information content (AvgIpc) is 2.37. The number of rotatable bonds is 8. The number of nitrogens with two attached hydrogens (primary N) is 1. The zero-order valence-corrected chi connectivity index (χ0v) is 11.6. The summed E-state index contributed by atoms with van der Waals surface area (Å²) in [5, 5.41) is 22.4. The van der Waals surface area contributed by atoms with Crippen molar-refractivity contribution in [2.24, 2.45) is 11.7 Å². The van der Waals surface area contributed by atoms with Crippen molar-refractivity contribution in [1.82, 2.24) is 5.32 Å². The first-order valence-corrected chi connectivity index (χ1v) is 7.51. The van der Waals surface area contributed by atoms with E-state index >= 15 is 0 Å². The zero-order valence-electron chi connectivity index (χ0n) is 11.6. The molecule has 1 aliphatic rings. The third-order valence-corrected chi connectivity index (χ3v) is 3.99. The fourth-order valence-corrected chi connectivity index (χ4v) is 2.86. The highest BCUT2D eigenvalue weighted by Crippen LogP contribution is 2.27. The van der Waals surface area contributed by atoms with E-state index in [1.54, 1.807) is 0 Å². The monoisotopic (exact) mass is 258 g/mol. The maximum atomic E-state index is 9.95. The van der Waals surface area contributed by atoms with Gasteiger partial charge in [-0.2, -0.15) is 0 Å². The molecular formula is C14H30N2O2. The Morgan fingerprint density at radius 2 is 1.83 bits per heavy atom.